The minimum atomic E-state index is -4.39. The number of rotatable bonds is 6. The number of carbonyl (C=O) groups excluding carboxylic acids is 1. The fourth-order valence-electron chi connectivity index (χ4n) is 4.84. The summed E-state index contributed by atoms with van der Waals surface area (Å²) < 4.78 is 51.3. The van der Waals surface area contributed by atoms with Crippen molar-refractivity contribution >= 4 is 5.91 Å². The van der Waals surface area contributed by atoms with Gasteiger partial charge in [-0.3, -0.25) is 4.79 Å². The van der Waals surface area contributed by atoms with Crippen LogP contribution >= 0.6 is 0 Å². The van der Waals surface area contributed by atoms with Crippen molar-refractivity contribution in [1.82, 2.24) is 4.90 Å². The first kappa shape index (κ1) is 23.2. The number of ether oxygens (including phenoxy) is 2. The number of alkyl halides is 3. The lowest BCUT2D eigenvalue weighted by molar-refractivity contribution is -0.201. The third kappa shape index (κ3) is 4.71. The van der Waals surface area contributed by atoms with E-state index in [9.17, 15) is 18.0 Å². The Kier molecular flexibility index (Phi) is 6.38. The van der Waals surface area contributed by atoms with Crippen LogP contribution in [0.4, 0.5) is 13.2 Å². The van der Waals surface area contributed by atoms with Gasteiger partial charge in [-0.25, -0.2) is 0 Å². The van der Waals surface area contributed by atoms with Gasteiger partial charge in [0, 0.05) is 23.9 Å². The molecule has 0 saturated carbocycles. The first-order valence-corrected chi connectivity index (χ1v) is 11.0. The van der Waals surface area contributed by atoms with Gasteiger partial charge >= 0.3 is 6.18 Å². The number of likely N-dealkylation sites (tertiary alicyclic amines) is 1. The Hall–Kier alpha value is -3.00. The molecule has 8 heteroatoms. The van der Waals surface area contributed by atoms with Gasteiger partial charge in [0.05, 0.1) is 5.56 Å². The Labute approximate surface area is 191 Å². The van der Waals surface area contributed by atoms with Gasteiger partial charge in [0.1, 0.15) is 12.5 Å². The van der Waals surface area contributed by atoms with E-state index in [0.717, 1.165) is 49.2 Å². The fraction of sp³-hybridized carbons (Fsp3) is 0.400. The summed E-state index contributed by atoms with van der Waals surface area (Å²) in [4.78, 5) is 13.5. The highest BCUT2D eigenvalue weighted by Crippen LogP contribution is 2.47. The van der Waals surface area contributed by atoms with Crippen molar-refractivity contribution in [3.05, 3.63) is 72.2 Å². The maximum absolute atomic E-state index is 13.0. The summed E-state index contributed by atoms with van der Waals surface area (Å²) in [6, 6.07) is 12.7. The number of halogens is 3. The van der Waals surface area contributed by atoms with E-state index in [2.05, 4.69) is 4.90 Å². The van der Waals surface area contributed by atoms with Crippen LogP contribution < -0.4 is 5.73 Å². The largest absolute Gasteiger partial charge is 0.452 e. The number of amides is 1. The van der Waals surface area contributed by atoms with Crippen molar-refractivity contribution in [1.29, 1.82) is 0 Å². The van der Waals surface area contributed by atoms with E-state index >= 15 is 0 Å². The van der Waals surface area contributed by atoms with Gasteiger partial charge in [-0.05, 0) is 56.1 Å². The monoisotopic (exact) mass is 460 g/mol. The van der Waals surface area contributed by atoms with E-state index in [0.29, 0.717) is 12.0 Å². The maximum atomic E-state index is 13.0. The molecule has 1 saturated heterocycles. The van der Waals surface area contributed by atoms with Gasteiger partial charge < -0.3 is 20.1 Å². The third-order valence-corrected chi connectivity index (χ3v) is 6.55. The molecule has 2 N–H and O–H groups in total. The molecule has 0 aliphatic carbocycles. The Morgan fingerprint density at radius 1 is 1.09 bits per heavy atom. The molecule has 0 spiro atoms. The highest BCUT2D eigenvalue weighted by molar-refractivity contribution is 5.74. The van der Waals surface area contributed by atoms with E-state index in [1.54, 1.807) is 0 Å². The van der Waals surface area contributed by atoms with Gasteiger partial charge in [-0.2, -0.15) is 13.2 Å². The van der Waals surface area contributed by atoms with Crippen molar-refractivity contribution in [2.45, 2.75) is 44.2 Å². The summed E-state index contributed by atoms with van der Waals surface area (Å²) in [5.74, 6) is -1.36. The highest BCUT2D eigenvalue weighted by Gasteiger charge is 2.48. The van der Waals surface area contributed by atoms with Crippen molar-refractivity contribution in [2.75, 3.05) is 13.1 Å². The zero-order chi connectivity index (χ0) is 23.6. The number of carbonyl (C=O) groups is 1. The predicted molar refractivity (Wildman–Crippen MR) is 117 cm³/mol. The standard InChI is InChI=1S/C25H27F3N2O3/c1-17(16-23(29)31)30-12-10-19(11-13-30)24(32-14-15-33-24)22-5-3-2-4-21(22)18-6-8-20(9-7-18)25(26,27)28/h2-9,14-15,17,19H,10-13,16H2,1H3,(H2,29,31). The van der Waals surface area contributed by atoms with Crippen LogP contribution in [-0.2, 0) is 26.2 Å². The average molecular weight is 460 g/mol. The summed E-state index contributed by atoms with van der Waals surface area (Å²) in [6.07, 6.45) is 0.497. The van der Waals surface area contributed by atoms with Crippen LogP contribution in [-0.4, -0.2) is 29.9 Å². The van der Waals surface area contributed by atoms with E-state index in [-0.39, 0.29) is 17.9 Å². The third-order valence-electron chi connectivity index (χ3n) is 6.55. The molecule has 2 aromatic rings. The van der Waals surface area contributed by atoms with Gasteiger partial charge in [0.15, 0.2) is 0 Å². The normalized spacial score (nSPS) is 19.6. The van der Waals surface area contributed by atoms with Gasteiger partial charge in [-0.1, -0.05) is 36.4 Å². The van der Waals surface area contributed by atoms with E-state index in [4.69, 9.17) is 15.2 Å². The molecule has 0 radical (unpaired) electrons. The molecule has 176 valence electrons. The molecule has 2 aromatic carbocycles. The summed E-state index contributed by atoms with van der Waals surface area (Å²) in [6.45, 7) is 3.51. The molecular weight excluding hydrogens is 433 g/mol. The second kappa shape index (κ2) is 9.09. The molecule has 1 fully saturated rings. The van der Waals surface area contributed by atoms with Crippen molar-refractivity contribution < 1.29 is 27.4 Å². The quantitative estimate of drug-likeness (QED) is 0.658. The van der Waals surface area contributed by atoms with E-state index < -0.39 is 17.5 Å². The van der Waals surface area contributed by atoms with Crippen molar-refractivity contribution in [3.8, 4) is 11.1 Å². The lowest BCUT2D eigenvalue weighted by Gasteiger charge is -2.43. The van der Waals surface area contributed by atoms with Gasteiger partial charge in [0.25, 0.3) is 5.79 Å². The number of hydrogen-bond donors (Lipinski definition) is 1. The predicted octanol–water partition coefficient (Wildman–Crippen LogP) is 5.02. The average Bonchev–Trinajstić information content (AvgIpc) is 3.29. The van der Waals surface area contributed by atoms with Crippen LogP contribution in [0.3, 0.4) is 0 Å². The second-order valence-electron chi connectivity index (χ2n) is 8.63. The first-order chi connectivity index (χ1) is 15.7. The lowest BCUT2D eigenvalue weighted by atomic mass is 9.80. The second-order valence-corrected chi connectivity index (χ2v) is 8.63. The zero-order valence-electron chi connectivity index (χ0n) is 18.3. The molecule has 1 atom stereocenters. The minimum absolute atomic E-state index is 0.0140. The molecule has 2 aliphatic rings. The summed E-state index contributed by atoms with van der Waals surface area (Å²) >= 11 is 0. The van der Waals surface area contributed by atoms with E-state index in [1.807, 2.05) is 31.2 Å². The van der Waals surface area contributed by atoms with Crippen LogP contribution in [0.5, 0.6) is 0 Å². The maximum Gasteiger partial charge on any atom is 0.416 e. The molecule has 2 aliphatic heterocycles. The van der Waals surface area contributed by atoms with Crippen LogP contribution in [0.1, 0.15) is 37.3 Å². The minimum Gasteiger partial charge on any atom is -0.452 e. The molecule has 4 rings (SSSR count). The summed E-state index contributed by atoms with van der Waals surface area (Å²) in [7, 11) is 0. The van der Waals surface area contributed by atoms with Gasteiger partial charge in [-0.15, -0.1) is 0 Å². The van der Waals surface area contributed by atoms with Crippen LogP contribution in [0.15, 0.2) is 61.1 Å². The molecule has 1 amide bonds. The van der Waals surface area contributed by atoms with Crippen molar-refractivity contribution in [3.63, 3.8) is 0 Å². The number of primary amides is 1. The topological polar surface area (TPSA) is 64.8 Å². The summed E-state index contributed by atoms with van der Waals surface area (Å²) in [5.41, 5.74) is 6.86. The highest BCUT2D eigenvalue weighted by atomic mass is 19.4. The molecular formula is C25H27F3N2O3. The van der Waals surface area contributed by atoms with Crippen LogP contribution in [0, 0.1) is 5.92 Å². The number of piperidine rings is 1. The van der Waals surface area contributed by atoms with E-state index in [1.165, 1.54) is 24.7 Å². The van der Waals surface area contributed by atoms with Crippen molar-refractivity contribution in [2.24, 2.45) is 11.7 Å². The molecule has 5 nitrogen and oxygen atoms in total. The molecule has 0 bridgehead atoms. The Morgan fingerprint density at radius 3 is 2.27 bits per heavy atom. The lowest BCUT2D eigenvalue weighted by Crippen LogP contribution is -2.47. The van der Waals surface area contributed by atoms with Gasteiger partial charge in [0.2, 0.25) is 5.91 Å². The smallest absolute Gasteiger partial charge is 0.416 e. The fourth-order valence-corrected chi connectivity index (χ4v) is 4.84. The molecule has 33 heavy (non-hydrogen) atoms. The molecule has 1 unspecified atom stereocenters. The Bertz CT molecular complexity index is 1000. The number of nitrogens with two attached hydrogens (primary N) is 1. The molecule has 0 aromatic heterocycles. The Morgan fingerprint density at radius 2 is 1.70 bits per heavy atom. The van der Waals surface area contributed by atoms with Crippen LogP contribution in [0.25, 0.3) is 11.1 Å². The molecule has 2 heterocycles. The SMILES string of the molecule is CC(CC(N)=O)N1CCC(C2(c3ccccc3-c3ccc(C(F)(F)F)cc3)OC=CO2)CC1. The number of nitrogens with zero attached hydrogens (tertiary/aromatic N) is 1. The number of hydrogen-bond acceptors (Lipinski definition) is 4. The zero-order valence-corrected chi connectivity index (χ0v) is 18.3. The van der Waals surface area contributed by atoms with Crippen LogP contribution in [0.2, 0.25) is 0 Å². The summed E-state index contributed by atoms with van der Waals surface area (Å²) in [5, 5.41) is 0. The Balaban J connectivity index is 1.61. The number of benzene rings is 2. The first-order valence-electron chi connectivity index (χ1n) is 11.0.